The second kappa shape index (κ2) is 4.69. The summed E-state index contributed by atoms with van der Waals surface area (Å²) in [4.78, 5) is 27.6. The highest BCUT2D eigenvalue weighted by Gasteiger charge is 2.50. The summed E-state index contributed by atoms with van der Waals surface area (Å²) in [5, 5.41) is 0. The standard InChI is InChI=1S/C14H26N2O3/c1-9-10(17)15(8)11(13(2,3)4)16(9)12(18)19-14(5,6)7/h9,11H,1-8H3/t9-,11+/m1/s1. The van der Waals surface area contributed by atoms with Crippen LogP contribution >= 0.6 is 0 Å². The van der Waals surface area contributed by atoms with E-state index in [4.69, 9.17) is 4.74 Å². The molecule has 0 aromatic carbocycles. The average molecular weight is 270 g/mol. The van der Waals surface area contributed by atoms with E-state index in [1.165, 1.54) is 0 Å². The van der Waals surface area contributed by atoms with E-state index in [0.717, 1.165) is 0 Å². The quantitative estimate of drug-likeness (QED) is 0.679. The molecule has 2 amide bonds. The number of amides is 2. The average Bonchev–Trinajstić information content (AvgIpc) is 2.39. The monoisotopic (exact) mass is 270 g/mol. The van der Waals surface area contributed by atoms with E-state index in [-0.39, 0.29) is 17.5 Å². The Balaban J connectivity index is 3.08. The Morgan fingerprint density at radius 2 is 1.63 bits per heavy atom. The van der Waals surface area contributed by atoms with Crippen molar-refractivity contribution in [2.24, 2.45) is 5.41 Å². The topological polar surface area (TPSA) is 49.9 Å². The lowest BCUT2D eigenvalue weighted by Crippen LogP contribution is -2.51. The molecule has 1 aliphatic heterocycles. The molecule has 1 saturated heterocycles. The summed E-state index contributed by atoms with van der Waals surface area (Å²) in [7, 11) is 1.74. The number of ether oxygens (including phenoxy) is 1. The molecule has 5 nitrogen and oxygen atoms in total. The van der Waals surface area contributed by atoms with Crippen molar-refractivity contribution in [3.63, 3.8) is 0 Å². The molecule has 1 aliphatic rings. The van der Waals surface area contributed by atoms with E-state index in [2.05, 4.69) is 0 Å². The van der Waals surface area contributed by atoms with E-state index < -0.39 is 17.7 Å². The lowest BCUT2D eigenvalue weighted by atomic mass is 9.91. The van der Waals surface area contributed by atoms with Crippen molar-refractivity contribution in [1.29, 1.82) is 0 Å². The van der Waals surface area contributed by atoms with Crippen molar-refractivity contribution in [1.82, 2.24) is 9.80 Å². The van der Waals surface area contributed by atoms with E-state index in [0.29, 0.717) is 0 Å². The molecule has 5 heteroatoms. The highest BCUT2D eigenvalue weighted by Crippen LogP contribution is 2.34. The van der Waals surface area contributed by atoms with E-state index in [9.17, 15) is 9.59 Å². The summed E-state index contributed by atoms with van der Waals surface area (Å²) in [5.41, 5.74) is -0.796. The molecule has 0 aromatic heterocycles. The molecule has 1 heterocycles. The summed E-state index contributed by atoms with van der Waals surface area (Å²) in [5.74, 6) is -0.0502. The van der Waals surface area contributed by atoms with Crippen molar-refractivity contribution >= 4 is 12.0 Å². The molecular weight excluding hydrogens is 244 g/mol. The van der Waals surface area contributed by atoms with Crippen LogP contribution in [-0.2, 0) is 9.53 Å². The van der Waals surface area contributed by atoms with Crippen LogP contribution < -0.4 is 0 Å². The first-order valence-corrected chi connectivity index (χ1v) is 6.64. The SMILES string of the molecule is C[C@@H]1C(=O)N(C)[C@H](C(C)(C)C)N1C(=O)OC(C)(C)C. The Hall–Kier alpha value is -1.26. The van der Waals surface area contributed by atoms with Crippen LogP contribution in [0.15, 0.2) is 0 Å². The van der Waals surface area contributed by atoms with Gasteiger partial charge >= 0.3 is 6.09 Å². The molecule has 0 aliphatic carbocycles. The van der Waals surface area contributed by atoms with Gasteiger partial charge in [-0.25, -0.2) is 4.79 Å². The van der Waals surface area contributed by atoms with Gasteiger partial charge in [-0.05, 0) is 27.7 Å². The van der Waals surface area contributed by atoms with Gasteiger partial charge in [-0.3, -0.25) is 9.69 Å². The van der Waals surface area contributed by atoms with Crippen LogP contribution in [0.1, 0.15) is 48.5 Å². The van der Waals surface area contributed by atoms with Crippen LogP contribution in [-0.4, -0.2) is 46.7 Å². The predicted octanol–water partition coefficient (Wildman–Crippen LogP) is 2.46. The Kier molecular flexibility index (Phi) is 3.90. The van der Waals surface area contributed by atoms with Crippen LogP contribution in [0.3, 0.4) is 0 Å². The summed E-state index contributed by atoms with van der Waals surface area (Å²) in [6.45, 7) is 13.2. The first-order chi connectivity index (χ1) is 8.36. The predicted molar refractivity (Wildman–Crippen MR) is 73.5 cm³/mol. The van der Waals surface area contributed by atoms with Gasteiger partial charge in [-0.2, -0.15) is 0 Å². The molecule has 0 spiro atoms. The number of carbonyl (C=O) groups excluding carboxylic acids is 2. The molecule has 1 fully saturated rings. The molecule has 0 unspecified atom stereocenters. The zero-order chi connectivity index (χ0) is 15.2. The van der Waals surface area contributed by atoms with Crippen LogP contribution in [0, 0.1) is 5.41 Å². The maximum absolute atomic E-state index is 12.3. The molecule has 0 aromatic rings. The minimum atomic E-state index is -0.566. The maximum atomic E-state index is 12.3. The molecule has 0 N–H and O–H groups in total. The second-order valence-corrected chi connectivity index (χ2v) is 7.25. The van der Waals surface area contributed by atoms with Gasteiger partial charge in [-0.1, -0.05) is 20.8 Å². The van der Waals surface area contributed by atoms with Gasteiger partial charge < -0.3 is 9.64 Å². The molecule has 110 valence electrons. The summed E-state index contributed by atoms with van der Waals surface area (Å²) in [6, 6.07) is -0.482. The third kappa shape index (κ3) is 3.19. The van der Waals surface area contributed by atoms with Gasteiger partial charge in [0.2, 0.25) is 5.91 Å². The second-order valence-electron chi connectivity index (χ2n) is 7.25. The number of rotatable bonds is 0. The van der Waals surface area contributed by atoms with Crippen molar-refractivity contribution in [3.8, 4) is 0 Å². The molecule has 0 bridgehead atoms. The molecule has 2 atom stereocenters. The molecule has 0 radical (unpaired) electrons. The van der Waals surface area contributed by atoms with Crippen LogP contribution in [0.2, 0.25) is 0 Å². The highest BCUT2D eigenvalue weighted by atomic mass is 16.6. The fourth-order valence-corrected chi connectivity index (χ4v) is 2.50. The fraction of sp³-hybridized carbons (Fsp3) is 0.857. The number of hydrogen-bond acceptors (Lipinski definition) is 3. The van der Waals surface area contributed by atoms with Gasteiger partial charge in [0, 0.05) is 12.5 Å². The summed E-state index contributed by atoms with van der Waals surface area (Å²) in [6.07, 6.45) is -0.720. The van der Waals surface area contributed by atoms with Gasteiger partial charge in [0.25, 0.3) is 0 Å². The number of carbonyl (C=O) groups is 2. The number of likely N-dealkylation sites (N-methyl/N-ethyl adjacent to an activating group) is 1. The van der Waals surface area contributed by atoms with Gasteiger partial charge in [0.15, 0.2) is 0 Å². The van der Waals surface area contributed by atoms with Crippen molar-refractivity contribution in [2.75, 3.05) is 7.05 Å². The largest absolute Gasteiger partial charge is 0.444 e. The Morgan fingerprint density at radius 3 is 2.00 bits per heavy atom. The minimum Gasteiger partial charge on any atom is -0.444 e. The Bertz CT molecular complexity index is 379. The highest BCUT2D eigenvalue weighted by molar-refractivity contribution is 5.89. The van der Waals surface area contributed by atoms with Crippen molar-refractivity contribution in [3.05, 3.63) is 0 Å². The van der Waals surface area contributed by atoms with Gasteiger partial charge in [0.1, 0.15) is 17.8 Å². The van der Waals surface area contributed by atoms with Crippen LogP contribution in [0.25, 0.3) is 0 Å². The van der Waals surface area contributed by atoms with Crippen LogP contribution in [0.4, 0.5) is 4.79 Å². The lowest BCUT2D eigenvalue weighted by Gasteiger charge is -2.39. The van der Waals surface area contributed by atoms with Gasteiger partial charge in [0.05, 0.1) is 0 Å². The van der Waals surface area contributed by atoms with Crippen LogP contribution in [0.5, 0.6) is 0 Å². The zero-order valence-corrected chi connectivity index (χ0v) is 13.3. The maximum Gasteiger partial charge on any atom is 0.412 e. The molecular formula is C14H26N2O3. The minimum absolute atomic E-state index is 0.0502. The summed E-state index contributed by atoms with van der Waals surface area (Å²) < 4.78 is 5.42. The number of hydrogen-bond donors (Lipinski definition) is 0. The first-order valence-electron chi connectivity index (χ1n) is 6.64. The Labute approximate surface area is 115 Å². The summed E-state index contributed by atoms with van der Waals surface area (Å²) >= 11 is 0. The van der Waals surface area contributed by atoms with Crippen molar-refractivity contribution in [2.45, 2.75) is 66.3 Å². The van der Waals surface area contributed by atoms with E-state index in [1.807, 2.05) is 41.5 Å². The molecule has 19 heavy (non-hydrogen) atoms. The molecule has 0 saturated carbocycles. The Morgan fingerprint density at radius 1 is 1.16 bits per heavy atom. The smallest absolute Gasteiger partial charge is 0.412 e. The molecule has 1 rings (SSSR count). The van der Waals surface area contributed by atoms with E-state index >= 15 is 0 Å². The zero-order valence-electron chi connectivity index (χ0n) is 13.3. The lowest BCUT2D eigenvalue weighted by molar-refractivity contribution is -0.129. The van der Waals surface area contributed by atoms with Crippen molar-refractivity contribution < 1.29 is 14.3 Å². The third-order valence-corrected chi connectivity index (χ3v) is 3.13. The van der Waals surface area contributed by atoms with Gasteiger partial charge in [-0.15, -0.1) is 0 Å². The van der Waals surface area contributed by atoms with E-state index in [1.54, 1.807) is 23.8 Å². The third-order valence-electron chi connectivity index (χ3n) is 3.13. The number of nitrogens with zero attached hydrogens (tertiary/aromatic N) is 2. The first kappa shape index (κ1) is 15.8. The normalized spacial score (nSPS) is 24.9. The fourth-order valence-electron chi connectivity index (χ4n) is 2.50.